The zero-order valence-corrected chi connectivity index (χ0v) is 20.1. The minimum absolute atomic E-state index is 0.134. The first kappa shape index (κ1) is 22.6. The Labute approximate surface area is 200 Å². The van der Waals surface area contributed by atoms with Crippen LogP contribution in [-0.2, 0) is 0 Å². The second kappa shape index (κ2) is 9.91. The number of para-hydroxylation sites is 1. The van der Waals surface area contributed by atoms with E-state index in [4.69, 9.17) is 10.7 Å². The van der Waals surface area contributed by atoms with Crippen LogP contribution in [0.25, 0.3) is 16.9 Å². The van der Waals surface area contributed by atoms with E-state index in [1.165, 1.54) is 0 Å². The van der Waals surface area contributed by atoms with Crippen molar-refractivity contribution in [2.75, 3.05) is 36.5 Å². The number of aryl methyl sites for hydroxylation is 1. The Kier molecular flexibility index (Phi) is 6.79. The largest absolute Gasteiger partial charge is 0.398 e. The van der Waals surface area contributed by atoms with E-state index in [1.54, 1.807) is 22.7 Å². The number of fused-ring (bicyclic) bond motifs is 1. The average molecular weight is 508 g/mol. The van der Waals surface area contributed by atoms with Gasteiger partial charge in [-0.3, -0.25) is 0 Å². The number of carbonyl (C=O) groups is 1. The molecule has 4 N–H and O–H groups in total. The van der Waals surface area contributed by atoms with Gasteiger partial charge in [0.15, 0.2) is 5.65 Å². The molecule has 33 heavy (non-hydrogen) atoms. The van der Waals surface area contributed by atoms with Gasteiger partial charge in [0.05, 0.1) is 16.4 Å². The number of nitrogens with two attached hydrogens (primary N) is 1. The van der Waals surface area contributed by atoms with E-state index in [0.29, 0.717) is 24.4 Å². The molecule has 0 fully saturated rings. The monoisotopic (exact) mass is 507 g/mol. The van der Waals surface area contributed by atoms with E-state index in [2.05, 4.69) is 31.7 Å². The van der Waals surface area contributed by atoms with Crippen LogP contribution in [0.1, 0.15) is 12.0 Å². The molecule has 4 rings (SSSR count). The van der Waals surface area contributed by atoms with Crippen LogP contribution in [0, 0.1) is 6.92 Å². The van der Waals surface area contributed by atoms with E-state index < -0.39 is 0 Å². The van der Waals surface area contributed by atoms with Gasteiger partial charge in [-0.05, 0) is 53.0 Å². The quantitative estimate of drug-likeness (QED) is 0.241. The molecule has 0 unspecified atom stereocenters. The maximum Gasteiger partial charge on any atom is 0.321 e. The number of urea groups is 1. The molecular formula is C24H26BrN7O. The lowest BCUT2D eigenvalue weighted by atomic mass is 10.1. The molecule has 9 heteroatoms. The lowest BCUT2D eigenvalue weighted by Gasteiger charge is -2.18. The van der Waals surface area contributed by atoms with Crippen LogP contribution in [0.5, 0.6) is 0 Å². The van der Waals surface area contributed by atoms with Gasteiger partial charge in [0.2, 0.25) is 0 Å². The molecule has 2 aromatic carbocycles. The van der Waals surface area contributed by atoms with Gasteiger partial charge in [0, 0.05) is 43.1 Å². The predicted molar refractivity (Wildman–Crippen MR) is 136 cm³/mol. The number of benzene rings is 2. The summed E-state index contributed by atoms with van der Waals surface area (Å²) in [5.74, 6) is 0.802. The summed E-state index contributed by atoms with van der Waals surface area (Å²) in [6, 6.07) is 17.2. The number of hydrogen-bond acceptors (Lipinski definition) is 5. The SMILES string of the molecule is Cc1cccc(NC(=O)N(C)CCCNc2cc(-c3ccccc3N)nc3c(Br)cnn23)c1. The van der Waals surface area contributed by atoms with Crippen LogP contribution in [0.15, 0.2) is 65.3 Å². The number of amides is 2. The highest BCUT2D eigenvalue weighted by atomic mass is 79.9. The van der Waals surface area contributed by atoms with Crippen molar-refractivity contribution in [2.24, 2.45) is 0 Å². The van der Waals surface area contributed by atoms with Crippen molar-refractivity contribution in [3.8, 4) is 11.3 Å². The first-order valence-electron chi connectivity index (χ1n) is 10.6. The van der Waals surface area contributed by atoms with Gasteiger partial charge in [-0.15, -0.1) is 0 Å². The third-order valence-electron chi connectivity index (χ3n) is 5.26. The summed E-state index contributed by atoms with van der Waals surface area (Å²) >= 11 is 3.52. The van der Waals surface area contributed by atoms with Gasteiger partial charge in [0.1, 0.15) is 5.82 Å². The molecule has 170 valence electrons. The molecule has 0 radical (unpaired) electrons. The minimum Gasteiger partial charge on any atom is -0.398 e. The zero-order chi connectivity index (χ0) is 23.4. The number of aromatic nitrogens is 3. The van der Waals surface area contributed by atoms with Gasteiger partial charge in [-0.25, -0.2) is 9.78 Å². The summed E-state index contributed by atoms with van der Waals surface area (Å²) in [6.45, 7) is 3.25. The third kappa shape index (κ3) is 5.25. The smallest absolute Gasteiger partial charge is 0.321 e. The number of nitrogens with zero attached hydrogens (tertiary/aromatic N) is 4. The van der Waals surface area contributed by atoms with Crippen LogP contribution in [0.4, 0.5) is 22.0 Å². The maximum atomic E-state index is 12.5. The Morgan fingerprint density at radius 1 is 1.18 bits per heavy atom. The molecule has 0 aliphatic carbocycles. The Balaban J connectivity index is 1.41. The number of rotatable bonds is 7. The van der Waals surface area contributed by atoms with E-state index in [0.717, 1.165) is 39.2 Å². The number of anilines is 3. The van der Waals surface area contributed by atoms with Crippen LogP contribution in [0.3, 0.4) is 0 Å². The molecule has 0 bridgehead atoms. The van der Waals surface area contributed by atoms with Gasteiger partial charge in [-0.2, -0.15) is 9.61 Å². The number of nitrogen functional groups attached to an aromatic ring is 1. The van der Waals surface area contributed by atoms with Crippen molar-refractivity contribution < 1.29 is 4.79 Å². The van der Waals surface area contributed by atoms with Crippen molar-refractivity contribution in [3.63, 3.8) is 0 Å². The standard InChI is InChI=1S/C24H26BrN7O/c1-16-7-5-8-17(13-16)29-24(33)31(2)12-6-11-27-22-14-21(18-9-3-4-10-20(18)26)30-23-19(25)15-28-32(22)23/h3-5,7-10,13-15,27H,6,11-12,26H2,1-2H3,(H,29,33). The highest BCUT2D eigenvalue weighted by molar-refractivity contribution is 9.10. The van der Waals surface area contributed by atoms with Crippen molar-refractivity contribution in [1.82, 2.24) is 19.5 Å². The van der Waals surface area contributed by atoms with Crippen LogP contribution >= 0.6 is 15.9 Å². The molecule has 0 saturated carbocycles. The van der Waals surface area contributed by atoms with Gasteiger partial charge in [0.25, 0.3) is 0 Å². The van der Waals surface area contributed by atoms with Crippen molar-refractivity contribution in [3.05, 3.63) is 70.8 Å². The zero-order valence-electron chi connectivity index (χ0n) is 18.5. The van der Waals surface area contributed by atoms with Gasteiger partial charge in [-0.1, -0.05) is 30.3 Å². The Bertz CT molecular complexity index is 1290. The molecule has 0 aliphatic rings. The number of halogens is 1. The normalized spacial score (nSPS) is 10.9. The highest BCUT2D eigenvalue weighted by Crippen LogP contribution is 2.29. The summed E-state index contributed by atoms with van der Waals surface area (Å²) in [6.07, 6.45) is 2.47. The first-order chi connectivity index (χ1) is 15.9. The highest BCUT2D eigenvalue weighted by Gasteiger charge is 2.13. The summed E-state index contributed by atoms with van der Waals surface area (Å²) < 4.78 is 2.55. The minimum atomic E-state index is -0.134. The van der Waals surface area contributed by atoms with E-state index in [1.807, 2.05) is 61.5 Å². The molecule has 0 aliphatic heterocycles. The molecule has 2 aromatic heterocycles. The summed E-state index contributed by atoms with van der Waals surface area (Å²) in [5, 5.41) is 10.8. The van der Waals surface area contributed by atoms with E-state index in [-0.39, 0.29) is 6.03 Å². The van der Waals surface area contributed by atoms with E-state index in [9.17, 15) is 4.79 Å². The van der Waals surface area contributed by atoms with Gasteiger partial charge >= 0.3 is 6.03 Å². The molecule has 0 saturated heterocycles. The Morgan fingerprint density at radius 2 is 2.00 bits per heavy atom. The Morgan fingerprint density at radius 3 is 2.79 bits per heavy atom. The van der Waals surface area contributed by atoms with Crippen molar-refractivity contribution >= 4 is 44.8 Å². The topological polar surface area (TPSA) is 101 Å². The fraction of sp³-hybridized carbons (Fsp3) is 0.208. The maximum absolute atomic E-state index is 12.5. The summed E-state index contributed by atoms with van der Waals surface area (Å²) in [5.41, 5.74) is 11.1. The fourth-order valence-electron chi connectivity index (χ4n) is 3.51. The van der Waals surface area contributed by atoms with E-state index >= 15 is 0 Å². The molecular weight excluding hydrogens is 482 g/mol. The first-order valence-corrected chi connectivity index (χ1v) is 11.4. The van der Waals surface area contributed by atoms with Crippen LogP contribution in [-0.4, -0.2) is 45.7 Å². The van der Waals surface area contributed by atoms with Gasteiger partial charge < -0.3 is 21.3 Å². The molecule has 2 heterocycles. The fourth-order valence-corrected chi connectivity index (χ4v) is 3.85. The summed E-state index contributed by atoms with van der Waals surface area (Å²) in [4.78, 5) is 18.9. The lowest BCUT2D eigenvalue weighted by molar-refractivity contribution is 0.222. The van der Waals surface area contributed by atoms with Crippen LogP contribution < -0.4 is 16.4 Å². The van der Waals surface area contributed by atoms with Crippen molar-refractivity contribution in [1.29, 1.82) is 0 Å². The lowest BCUT2D eigenvalue weighted by Crippen LogP contribution is -2.33. The molecule has 0 atom stereocenters. The third-order valence-corrected chi connectivity index (χ3v) is 5.82. The molecule has 2 amide bonds. The number of nitrogens with one attached hydrogen (secondary N) is 2. The predicted octanol–water partition coefficient (Wildman–Crippen LogP) is 5.02. The Hall–Kier alpha value is -3.59. The second-order valence-electron chi connectivity index (χ2n) is 7.84. The average Bonchev–Trinajstić information content (AvgIpc) is 3.17. The van der Waals surface area contributed by atoms with Crippen LogP contribution in [0.2, 0.25) is 0 Å². The molecule has 4 aromatic rings. The number of hydrogen-bond donors (Lipinski definition) is 3. The number of carbonyl (C=O) groups excluding carboxylic acids is 1. The summed E-state index contributed by atoms with van der Waals surface area (Å²) in [7, 11) is 1.79. The molecule has 8 nitrogen and oxygen atoms in total. The second-order valence-corrected chi connectivity index (χ2v) is 8.70. The molecule has 0 spiro atoms. The van der Waals surface area contributed by atoms with Crippen molar-refractivity contribution in [2.45, 2.75) is 13.3 Å².